The average Bonchev–Trinajstić information content (AvgIpc) is 2.59. The summed E-state index contributed by atoms with van der Waals surface area (Å²) in [5.41, 5.74) is 1.92. The van der Waals surface area contributed by atoms with Gasteiger partial charge in [-0.1, -0.05) is 42.5 Å². The molecule has 0 aromatic heterocycles. The molecule has 1 N–H and O–H groups in total. The summed E-state index contributed by atoms with van der Waals surface area (Å²) in [5, 5.41) is 3.19. The molecule has 0 aliphatic rings. The number of nitrogens with one attached hydrogen (secondary N) is 1. The third-order valence-electron chi connectivity index (χ3n) is 3.49. The summed E-state index contributed by atoms with van der Waals surface area (Å²) in [5.74, 6) is -0.120. The Morgan fingerprint density at radius 3 is 2.24 bits per heavy atom. The van der Waals surface area contributed by atoms with Crippen molar-refractivity contribution in [1.29, 1.82) is 0 Å². The molecule has 1 unspecified atom stereocenters. The molecular weight excluding hydrogens is 342 g/mol. The number of hydrogen-bond donors (Lipinski definition) is 1. The summed E-state index contributed by atoms with van der Waals surface area (Å²) < 4.78 is 31.9. The molecule has 0 saturated carbocycles. The molecule has 2 rings (SSSR count). The Kier molecular flexibility index (Phi) is 6.55. The van der Waals surface area contributed by atoms with E-state index in [1.54, 1.807) is 24.3 Å². The van der Waals surface area contributed by atoms with Gasteiger partial charge in [0.25, 0.3) is 0 Å². The van der Waals surface area contributed by atoms with Gasteiger partial charge in [0, 0.05) is 6.54 Å². The van der Waals surface area contributed by atoms with E-state index in [1.807, 2.05) is 30.3 Å². The molecule has 2 aromatic rings. The average molecular weight is 363 g/mol. The number of rotatable bonds is 8. The fraction of sp³-hybridized carbons (Fsp3) is 0.278. The fourth-order valence-electron chi connectivity index (χ4n) is 2.31. The zero-order valence-corrected chi connectivity index (χ0v) is 15.0. The molecule has 7 heteroatoms. The van der Waals surface area contributed by atoms with Crippen LogP contribution in [0.25, 0.3) is 0 Å². The smallest absolute Gasteiger partial charge is 0.323 e. The lowest BCUT2D eigenvalue weighted by Crippen LogP contribution is -2.39. The summed E-state index contributed by atoms with van der Waals surface area (Å²) in [4.78, 5) is 12.0. The van der Waals surface area contributed by atoms with Crippen LogP contribution in [0.3, 0.4) is 0 Å². The van der Waals surface area contributed by atoms with E-state index in [9.17, 15) is 13.2 Å². The van der Waals surface area contributed by atoms with E-state index in [2.05, 4.69) is 5.32 Å². The van der Waals surface area contributed by atoms with Gasteiger partial charge in [-0.15, -0.1) is 0 Å². The monoisotopic (exact) mass is 363 g/mol. The molecule has 0 heterocycles. The number of ether oxygens (including phenoxy) is 1. The maximum absolute atomic E-state index is 12.0. The quantitative estimate of drug-likeness (QED) is 0.570. The molecule has 0 bridgehead atoms. The summed E-state index contributed by atoms with van der Waals surface area (Å²) in [6.45, 7) is 0.538. The third-order valence-corrected chi connectivity index (χ3v) is 3.99. The lowest BCUT2D eigenvalue weighted by atomic mass is 10.1. The molecule has 0 fully saturated rings. The van der Waals surface area contributed by atoms with Gasteiger partial charge in [0.2, 0.25) is 0 Å². The molecule has 1 atom stereocenters. The summed E-state index contributed by atoms with van der Waals surface area (Å²) >= 11 is 0. The number of benzene rings is 2. The molecule has 0 aliphatic carbocycles. The lowest BCUT2D eigenvalue weighted by molar-refractivity contribution is -0.143. The molecule has 0 aliphatic heterocycles. The van der Waals surface area contributed by atoms with E-state index >= 15 is 0 Å². The Morgan fingerprint density at radius 1 is 1.04 bits per heavy atom. The summed E-state index contributed by atoms with van der Waals surface area (Å²) in [6, 6.07) is 15.8. The topological polar surface area (TPSA) is 81.7 Å². The van der Waals surface area contributed by atoms with Gasteiger partial charge in [0.05, 0.1) is 13.4 Å². The Morgan fingerprint density at radius 2 is 1.68 bits per heavy atom. The second-order valence-corrected chi connectivity index (χ2v) is 7.15. The highest BCUT2D eigenvalue weighted by molar-refractivity contribution is 7.86. The predicted molar refractivity (Wildman–Crippen MR) is 94.7 cm³/mol. The van der Waals surface area contributed by atoms with Crippen molar-refractivity contribution in [3.8, 4) is 5.75 Å². The first-order chi connectivity index (χ1) is 11.9. The molecule has 0 spiro atoms. The largest absolute Gasteiger partial charge is 0.468 e. The van der Waals surface area contributed by atoms with E-state index in [-0.39, 0.29) is 11.7 Å². The Hall–Kier alpha value is -2.38. The van der Waals surface area contributed by atoms with Crippen molar-refractivity contribution >= 4 is 16.1 Å². The molecule has 6 nitrogen and oxygen atoms in total. The maximum atomic E-state index is 12.0. The van der Waals surface area contributed by atoms with Crippen molar-refractivity contribution in [2.75, 3.05) is 13.4 Å². The van der Waals surface area contributed by atoms with Crippen LogP contribution < -0.4 is 9.50 Å². The van der Waals surface area contributed by atoms with Crippen LogP contribution in [0, 0.1) is 0 Å². The van der Waals surface area contributed by atoms with Crippen LogP contribution >= 0.6 is 0 Å². The van der Waals surface area contributed by atoms with Crippen LogP contribution in [-0.4, -0.2) is 33.8 Å². The number of hydrogen-bond acceptors (Lipinski definition) is 6. The minimum absolute atomic E-state index is 0.234. The van der Waals surface area contributed by atoms with E-state index in [1.165, 1.54) is 7.11 Å². The van der Waals surface area contributed by atoms with E-state index in [0.717, 1.165) is 17.4 Å². The Bertz CT molecular complexity index is 788. The molecule has 2 aromatic carbocycles. The van der Waals surface area contributed by atoms with E-state index in [0.29, 0.717) is 13.0 Å². The zero-order chi connectivity index (χ0) is 18.3. The molecule has 0 amide bonds. The van der Waals surface area contributed by atoms with Gasteiger partial charge < -0.3 is 14.2 Å². The highest BCUT2D eigenvalue weighted by Gasteiger charge is 2.19. The molecule has 134 valence electrons. The SMILES string of the molecule is COC(=O)C(Cc1ccc(OS(C)(=O)=O)cc1)NCc1ccccc1. The first-order valence-corrected chi connectivity index (χ1v) is 9.52. The zero-order valence-electron chi connectivity index (χ0n) is 14.1. The Labute approximate surface area is 147 Å². The molecule has 25 heavy (non-hydrogen) atoms. The van der Waals surface area contributed by atoms with Crippen molar-refractivity contribution in [1.82, 2.24) is 5.32 Å². The maximum Gasteiger partial charge on any atom is 0.323 e. The Balaban J connectivity index is 2.02. The van der Waals surface area contributed by atoms with Gasteiger partial charge in [-0.2, -0.15) is 8.42 Å². The van der Waals surface area contributed by atoms with Gasteiger partial charge in [-0.05, 0) is 29.7 Å². The molecular formula is C18H21NO5S. The van der Waals surface area contributed by atoms with Crippen molar-refractivity contribution < 1.29 is 22.1 Å². The summed E-state index contributed by atoms with van der Waals surface area (Å²) in [7, 11) is -2.21. The van der Waals surface area contributed by atoms with Gasteiger partial charge >= 0.3 is 16.1 Å². The van der Waals surface area contributed by atoms with Crippen LogP contribution in [0.4, 0.5) is 0 Å². The minimum Gasteiger partial charge on any atom is -0.468 e. The van der Waals surface area contributed by atoms with E-state index < -0.39 is 16.2 Å². The third kappa shape index (κ3) is 6.56. The minimum atomic E-state index is -3.56. The predicted octanol–water partition coefficient (Wildman–Crippen LogP) is 1.90. The number of esters is 1. The number of carbonyl (C=O) groups is 1. The van der Waals surface area contributed by atoms with Gasteiger partial charge in [-0.3, -0.25) is 4.79 Å². The first-order valence-electron chi connectivity index (χ1n) is 7.71. The highest BCUT2D eigenvalue weighted by atomic mass is 32.2. The number of methoxy groups -OCH3 is 1. The molecule has 0 saturated heterocycles. The lowest BCUT2D eigenvalue weighted by Gasteiger charge is -2.17. The number of carbonyl (C=O) groups excluding carboxylic acids is 1. The van der Waals surface area contributed by atoms with E-state index in [4.69, 9.17) is 8.92 Å². The summed E-state index contributed by atoms with van der Waals surface area (Å²) in [6.07, 6.45) is 1.40. The fourth-order valence-corrected chi connectivity index (χ4v) is 2.77. The second-order valence-electron chi connectivity index (χ2n) is 5.58. The standard InChI is InChI=1S/C18H21NO5S/c1-23-18(20)17(19-13-15-6-4-3-5-7-15)12-14-8-10-16(11-9-14)24-25(2,21)22/h3-11,17,19H,12-13H2,1-2H3. The highest BCUT2D eigenvalue weighted by Crippen LogP contribution is 2.15. The normalized spacial score (nSPS) is 12.4. The van der Waals surface area contributed by atoms with Crippen LogP contribution in [0.15, 0.2) is 54.6 Å². The molecule has 0 radical (unpaired) electrons. The van der Waals surface area contributed by atoms with Crippen LogP contribution in [-0.2, 0) is 32.6 Å². The van der Waals surface area contributed by atoms with Crippen molar-refractivity contribution in [3.63, 3.8) is 0 Å². The van der Waals surface area contributed by atoms with Crippen LogP contribution in [0.2, 0.25) is 0 Å². The van der Waals surface area contributed by atoms with Crippen LogP contribution in [0.1, 0.15) is 11.1 Å². The first kappa shape index (κ1) is 19.0. The van der Waals surface area contributed by atoms with Crippen molar-refractivity contribution in [2.24, 2.45) is 0 Å². The van der Waals surface area contributed by atoms with Crippen LogP contribution in [0.5, 0.6) is 5.75 Å². The van der Waals surface area contributed by atoms with Crippen molar-refractivity contribution in [2.45, 2.75) is 19.0 Å². The van der Waals surface area contributed by atoms with Crippen molar-refractivity contribution in [3.05, 3.63) is 65.7 Å². The van der Waals surface area contributed by atoms with Gasteiger partial charge in [0.1, 0.15) is 11.8 Å². The van der Waals surface area contributed by atoms with Gasteiger partial charge in [0.15, 0.2) is 0 Å². The second kappa shape index (κ2) is 8.64. The van der Waals surface area contributed by atoms with Gasteiger partial charge in [-0.25, -0.2) is 0 Å².